The van der Waals surface area contributed by atoms with Crippen LogP contribution in [0.2, 0.25) is 0 Å². The first-order chi connectivity index (χ1) is 15.9. The summed E-state index contributed by atoms with van der Waals surface area (Å²) >= 11 is 0. The summed E-state index contributed by atoms with van der Waals surface area (Å²) in [5, 5.41) is 19.4. The van der Waals surface area contributed by atoms with Crippen LogP contribution in [-0.2, 0) is 0 Å². The minimum Gasteiger partial charge on any atom is -0.494 e. The maximum Gasteiger partial charge on any atom is 0.223 e. The molecule has 0 spiro atoms. The molecule has 3 N–H and O–H groups in total. The predicted molar refractivity (Wildman–Crippen MR) is 122 cm³/mol. The summed E-state index contributed by atoms with van der Waals surface area (Å²) in [6, 6.07) is 2.77. The van der Waals surface area contributed by atoms with E-state index in [9.17, 15) is 9.50 Å². The Morgan fingerprint density at radius 2 is 2.09 bits per heavy atom. The highest BCUT2D eigenvalue weighted by Crippen LogP contribution is 2.31. The molecule has 1 saturated heterocycles. The van der Waals surface area contributed by atoms with Crippen molar-refractivity contribution in [2.45, 2.75) is 44.8 Å². The highest BCUT2D eigenvalue weighted by Gasteiger charge is 2.27. The fourth-order valence-electron chi connectivity index (χ4n) is 4.33. The molecule has 0 radical (unpaired) electrons. The van der Waals surface area contributed by atoms with Crippen LogP contribution in [-0.4, -0.2) is 60.8 Å². The first kappa shape index (κ1) is 21.4. The van der Waals surface area contributed by atoms with E-state index in [1.807, 2.05) is 19.3 Å². The van der Waals surface area contributed by atoms with Crippen molar-refractivity contribution in [3.63, 3.8) is 0 Å². The van der Waals surface area contributed by atoms with Crippen molar-refractivity contribution in [3.8, 4) is 5.75 Å². The number of aromatic nitrogens is 6. The van der Waals surface area contributed by atoms with E-state index in [2.05, 4.69) is 20.1 Å². The molecular weight excluding hydrogens is 427 g/mol. The first-order valence-corrected chi connectivity index (χ1v) is 11.0. The Morgan fingerprint density at radius 1 is 1.27 bits per heavy atom. The molecule has 0 bridgehead atoms. The number of halogens is 1. The Kier molecular flexibility index (Phi) is 5.28. The topological polar surface area (TPSA) is 120 Å². The van der Waals surface area contributed by atoms with E-state index >= 15 is 0 Å². The maximum atomic E-state index is 14.4. The lowest BCUT2D eigenvalue weighted by Gasteiger charge is -2.32. The van der Waals surface area contributed by atoms with Gasteiger partial charge in [-0.15, -0.1) is 5.10 Å². The molecule has 174 valence electrons. The standard InChI is InChI=1S/C22H27FN8O2/c1-12(13(2)32)30-11-15(9-25-30)29-6-4-5-14(10-29)20-27-21-16-7-17(23)19(33-3)8-18(16)26-22(24)31(21)28-20/h7-9,11-14,32H,4-6,10H2,1-3H3,(H2,24,26)/t12?,13?,14-/m1/s1. The van der Waals surface area contributed by atoms with Crippen LogP contribution in [0.5, 0.6) is 5.75 Å². The molecule has 10 nitrogen and oxygen atoms in total. The zero-order valence-corrected chi connectivity index (χ0v) is 18.8. The molecule has 3 atom stereocenters. The number of aliphatic hydroxyl groups is 1. The molecule has 1 aliphatic rings. The smallest absolute Gasteiger partial charge is 0.223 e. The highest BCUT2D eigenvalue weighted by molar-refractivity contribution is 5.93. The Labute approximate surface area is 189 Å². The highest BCUT2D eigenvalue weighted by atomic mass is 19.1. The van der Waals surface area contributed by atoms with Gasteiger partial charge in [0.1, 0.15) is 0 Å². The van der Waals surface area contributed by atoms with Crippen LogP contribution < -0.4 is 15.4 Å². The maximum absolute atomic E-state index is 14.4. The number of hydrogen-bond acceptors (Lipinski definition) is 8. The number of nitrogen functional groups attached to an aromatic ring is 1. The van der Waals surface area contributed by atoms with Gasteiger partial charge in [0.25, 0.3) is 0 Å². The number of fused-ring (bicyclic) bond motifs is 3. The molecule has 0 amide bonds. The number of nitrogens with two attached hydrogens (primary N) is 1. The van der Waals surface area contributed by atoms with Crippen LogP contribution >= 0.6 is 0 Å². The van der Waals surface area contributed by atoms with Crippen molar-refractivity contribution in [2.75, 3.05) is 30.8 Å². The number of benzene rings is 1. The molecule has 1 aliphatic heterocycles. The van der Waals surface area contributed by atoms with E-state index in [-0.39, 0.29) is 23.7 Å². The van der Waals surface area contributed by atoms with Crippen LogP contribution in [0.3, 0.4) is 0 Å². The number of piperidine rings is 1. The van der Waals surface area contributed by atoms with Crippen molar-refractivity contribution in [1.29, 1.82) is 0 Å². The average Bonchev–Trinajstić information content (AvgIpc) is 3.47. The molecule has 33 heavy (non-hydrogen) atoms. The Hall–Kier alpha value is -3.47. The van der Waals surface area contributed by atoms with Gasteiger partial charge in [-0.1, -0.05) is 0 Å². The third-order valence-corrected chi connectivity index (χ3v) is 6.44. The van der Waals surface area contributed by atoms with Crippen LogP contribution in [0.15, 0.2) is 24.5 Å². The average molecular weight is 455 g/mol. The van der Waals surface area contributed by atoms with E-state index in [0.29, 0.717) is 22.4 Å². The number of nitrogens with zero attached hydrogens (tertiary/aromatic N) is 7. The zero-order chi connectivity index (χ0) is 23.3. The van der Waals surface area contributed by atoms with Crippen LogP contribution in [0.25, 0.3) is 16.6 Å². The largest absolute Gasteiger partial charge is 0.494 e. The van der Waals surface area contributed by atoms with Crippen molar-refractivity contribution in [2.24, 2.45) is 0 Å². The molecule has 3 aromatic heterocycles. The van der Waals surface area contributed by atoms with Gasteiger partial charge in [0.15, 0.2) is 23.0 Å². The number of aliphatic hydroxyl groups excluding tert-OH is 1. The molecule has 1 fully saturated rings. The molecule has 0 aliphatic carbocycles. The molecule has 0 saturated carbocycles. The minimum absolute atomic E-state index is 0.0775. The number of ether oxygens (including phenoxy) is 1. The third kappa shape index (κ3) is 3.71. The summed E-state index contributed by atoms with van der Waals surface area (Å²) in [6.07, 6.45) is 5.19. The van der Waals surface area contributed by atoms with Crippen molar-refractivity contribution >= 4 is 28.2 Å². The lowest BCUT2D eigenvalue weighted by molar-refractivity contribution is 0.132. The quantitative estimate of drug-likeness (QED) is 0.472. The van der Waals surface area contributed by atoms with Crippen LogP contribution in [0.4, 0.5) is 16.0 Å². The Morgan fingerprint density at radius 3 is 2.85 bits per heavy atom. The van der Waals surface area contributed by atoms with Gasteiger partial charge < -0.3 is 20.5 Å². The molecule has 4 heterocycles. The first-order valence-electron chi connectivity index (χ1n) is 11.0. The van der Waals surface area contributed by atoms with Crippen molar-refractivity contribution in [1.82, 2.24) is 29.4 Å². The Balaban J connectivity index is 1.47. The Bertz CT molecular complexity index is 1320. The summed E-state index contributed by atoms with van der Waals surface area (Å²) < 4.78 is 22.7. The lowest BCUT2D eigenvalue weighted by Crippen LogP contribution is -2.34. The second-order valence-corrected chi connectivity index (χ2v) is 8.62. The normalized spacial score (nSPS) is 18.7. The van der Waals surface area contributed by atoms with Gasteiger partial charge in [0.05, 0.1) is 36.7 Å². The number of methoxy groups -OCH3 is 1. The van der Waals surface area contributed by atoms with Gasteiger partial charge in [-0.05, 0) is 32.8 Å². The van der Waals surface area contributed by atoms with Gasteiger partial charge in [0, 0.05) is 36.7 Å². The summed E-state index contributed by atoms with van der Waals surface area (Å²) in [6.45, 7) is 5.31. The van der Waals surface area contributed by atoms with E-state index in [0.717, 1.165) is 31.6 Å². The summed E-state index contributed by atoms with van der Waals surface area (Å²) in [5.41, 5.74) is 8.12. The second kappa shape index (κ2) is 8.14. The molecule has 4 aromatic rings. The van der Waals surface area contributed by atoms with Gasteiger partial charge in [0.2, 0.25) is 5.95 Å². The van der Waals surface area contributed by atoms with Gasteiger partial charge in [-0.3, -0.25) is 4.68 Å². The monoisotopic (exact) mass is 454 g/mol. The van der Waals surface area contributed by atoms with Gasteiger partial charge in [-0.25, -0.2) is 14.4 Å². The summed E-state index contributed by atoms with van der Waals surface area (Å²) in [5.74, 6) is 0.531. The second-order valence-electron chi connectivity index (χ2n) is 8.62. The van der Waals surface area contributed by atoms with E-state index in [1.165, 1.54) is 23.8 Å². The van der Waals surface area contributed by atoms with Crippen molar-refractivity contribution < 1.29 is 14.2 Å². The van der Waals surface area contributed by atoms with Crippen LogP contribution in [0.1, 0.15) is 44.5 Å². The molecule has 1 aromatic carbocycles. The summed E-state index contributed by atoms with van der Waals surface area (Å²) in [4.78, 5) is 11.4. The molecule has 5 rings (SSSR count). The SMILES string of the molecule is COc1cc2nc(N)n3nc([C@@H]4CCCN(c5cnn(C(C)C(C)O)c5)C4)nc3c2cc1F. The third-order valence-electron chi connectivity index (χ3n) is 6.44. The minimum atomic E-state index is -0.493. The number of anilines is 2. The van der Waals surface area contributed by atoms with E-state index in [1.54, 1.807) is 11.6 Å². The van der Waals surface area contributed by atoms with Gasteiger partial charge in [-0.2, -0.15) is 9.61 Å². The summed E-state index contributed by atoms with van der Waals surface area (Å²) in [7, 11) is 1.41. The fraction of sp³-hybridized carbons (Fsp3) is 0.455. The molecule has 2 unspecified atom stereocenters. The zero-order valence-electron chi connectivity index (χ0n) is 18.8. The van der Waals surface area contributed by atoms with E-state index in [4.69, 9.17) is 15.5 Å². The molecule has 11 heteroatoms. The fourth-order valence-corrected chi connectivity index (χ4v) is 4.33. The number of rotatable bonds is 5. The van der Waals surface area contributed by atoms with Crippen LogP contribution in [0, 0.1) is 5.82 Å². The van der Waals surface area contributed by atoms with E-state index < -0.39 is 11.9 Å². The molecular formula is C22H27FN8O2. The van der Waals surface area contributed by atoms with Crippen molar-refractivity contribution in [3.05, 3.63) is 36.2 Å². The lowest BCUT2D eigenvalue weighted by atomic mass is 9.97. The predicted octanol–water partition coefficient (Wildman–Crippen LogP) is 2.53. The number of hydrogen-bond donors (Lipinski definition) is 2. The van der Waals surface area contributed by atoms with Gasteiger partial charge >= 0.3 is 0 Å².